The molecule has 0 aliphatic heterocycles. The van der Waals surface area contributed by atoms with E-state index >= 15 is 0 Å². The maximum Gasteiger partial charge on any atom is 0.326 e. The second kappa shape index (κ2) is 9.42. The van der Waals surface area contributed by atoms with E-state index in [1.165, 1.54) is 12.1 Å². The molecule has 134 valence electrons. The summed E-state index contributed by atoms with van der Waals surface area (Å²) < 4.78 is 23.5. The first-order chi connectivity index (χ1) is 11.3. The number of aryl methyl sites for hydroxylation is 1. The van der Waals surface area contributed by atoms with E-state index in [9.17, 15) is 18.0 Å². The van der Waals surface area contributed by atoms with E-state index in [4.69, 9.17) is 5.11 Å². The molecule has 0 saturated heterocycles. The number of hydrogen-bond donors (Lipinski definition) is 2. The highest BCUT2D eigenvalue weighted by atomic mass is 32.2. The Labute approximate surface area is 143 Å². The zero-order valence-electron chi connectivity index (χ0n) is 14.1. The summed E-state index contributed by atoms with van der Waals surface area (Å²) in [6.45, 7) is 3.55. The first-order valence-corrected chi connectivity index (χ1v) is 9.79. The third kappa shape index (κ3) is 6.31. The maximum atomic E-state index is 11.9. The number of rotatable bonds is 10. The predicted molar refractivity (Wildman–Crippen MR) is 91.6 cm³/mol. The second-order valence-electron chi connectivity index (χ2n) is 5.65. The Bertz CT molecular complexity index is 652. The van der Waals surface area contributed by atoms with E-state index in [1.54, 1.807) is 19.1 Å². The Kier molecular flexibility index (Phi) is 7.91. The third-order valence-corrected chi connectivity index (χ3v) is 5.53. The zero-order valence-corrected chi connectivity index (χ0v) is 14.9. The standard InChI is InChI=1S/C17H25NO5S/c1-3-5-6-15(17(20)21)18-16(19)12-9-13-7-10-14(11-8-13)24(22,23)4-2/h7-8,10-11,15H,3-6,9,12H2,1-2H3,(H,18,19)(H,20,21)/t15-/m0/s1. The molecule has 24 heavy (non-hydrogen) atoms. The largest absolute Gasteiger partial charge is 0.480 e. The number of carboxylic acids is 1. The van der Waals surface area contributed by atoms with Crippen molar-refractivity contribution in [3.63, 3.8) is 0 Å². The van der Waals surface area contributed by atoms with Gasteiger partial charge in [0.25, 0.3) is 0 Å². The molecule has 1 amide bonds. The monoisotopic (exact) mass is 355 g/mol. The lowest BCUT2D eigenvalue weighted by atomic mass is 10.1. The van der Waals surface area contributed by atoms with E-state index in [2.05, 4.69) is 5.32 Å². The Morgan fingerprint density at radius 1 is 1.17 bits per heavy atom. The number of hydrogen-bond acceptors (Lipinski definition) is 4. The summed E-state index contributed by atoms with van der Waals surface area (Å²) in [4.78, 5) is 23.3. The predicted octanol–water partition coefficient (Wildman–Crippen LogP) is 2.17. The highest BCUT2D eigenvalue weighted by Gasteiger charge is 2.19. The van der Waals surface area contributed by atoms with Crippen LogP contribution < -0.4 is 5.32 Å². The van der Waals surface area contributed by atoms with Crippen molar-refractivity contribution in [3.05, 3.63) is 29.8 Å². The van der Waals surface area contributed by atoms with Gasteiger partial charge in [-0.15, -0.1) is 0 Å². The SMILES string of the molecule is CCCC[C@H](NC(=O)CCc1ccc(S(=O)(=O)CC)cc1)C(=O)O. The quantitative estimate of drug-likeness (QED) is 0.670. The molecule has 0 aromatic heterocycles. The van der Waals surface area contributed by atoms with Crippen molar-refractivity contribution in [1.29, 1.82) is 0 Å². The number of nitrogens with one attached hydrogen (secondary N) is 1. The van der Waals surface area contributed by atoms with E-state index < -0.39 is 21.8 Å². The molecule has 7 heteroatoms. The lowest BCUT2D eigenvalue weighted by Crippen LogP contribution is -2.40. The van der Waals surface area contributed by atoms with Gasteiger partial charge in [0, 0.05) is 6.42 Å². The topological polar surface area (TPSA) is 101 Å². The number of carboxylic acid groups (broad SMARTS) is 1. The van der Waals surface area contributed by atoms with Crippen LogP contribution in [0.5, 0.6) is 0 Å². The van der Waals surface area contributed by atoms with Crippen molar-refractivity contribution < 1.29 is 23.1 Å². The van der Waals surface area contributed by atoms with Crippen LogP contribution in [-0.4, -0.2) is 37.2 Å². The minimum Gasteiger partial charge on any atom is -0.480 e. The number of sulfone groups is 1. The maximum absolute atomic E-state index is 11.9. The van der Waals surface area contributed by atoms with Crippen LogP contribution in [0.25, 0.3) is 0 Å². The fourth-order valence-electron chi connectivity index (χ4n) is 2.22. The van der Waals surface area contributed by atoms with Crippen LogP contribution in [0.3, 0.4) is 0 Å². The Morgan fingerprint density at radius 2 is 1.79 bits per heavy atom. The van der Waals surface area contributed by atoms with Crippen molar-refractivity contribution in [1.82, 2.24) is 5.32 Å². The van der Waals surface area contributed by atoms with Crippen LogP contribution in [0, 0.1) is 0 Å². The zero-order chi connectivity index (χ0) is 18.2. The van der Waals surface area contributed by atoms with Gasteiger partial charge in [0.05, 0.1) is 10.6 Å². The minimum absolute atomic E-state index is 0.0447. The molecule has 0 bridgehead atoms. The smallest absolute Gasteiger partial charge is 0.326 e. The minimum atomic E-state index is -3.23. The fourth-order valence-corrected chi connectivity index (χ4v) is 3.10. The molecule has 0 aliphatic carbocycles. The fraction of sp³-hybridized carbons (Fsp3) is 0.529. The molecular weight excluding hydrogens is 330 g/mol. The molecule has 0 aliphatic rings. The number of benzene rings is 1. The van der Waals surface area contributed by atoms with E-state index in [1.807, 2.05) is 6.92 Å². The van der Waals surface area contributed by atoms with Crippen LogP contribution in [0.15, 0.2) is 29.2 Å². The molecule has 0 heterocycles. The van der Waals surface area contributed by atoms with Crippen molar-refractivity contribution in [2.45, 2.75) is 56.9 Å². The van der Waals surface area contributed by atoms with Crippen molar-refractivity contribution >= 4 is 21.7 Å². The van der Waals surface area contributed by atoms with Gasteiger partial charge in [0.2, 0.25) is 5.91 Å². The van der Waals surface area contributed by atoms with Gasteiger partial charge in [-0.1, -0.05) is 38.8 Å². The van der Waals surface area contributed by atoms with Gasteiger partial charge in [-0.05, 0) is 30.5 Å². The summed E-state index contributed by atoms with van der Waals surface area (Å²) in [5.74, 6) is -1.29. The number of carbonyl (C=O) groups excluding carboxylic acids is 1. The highest BCUT2D eigenvalue weighted by molar-refractivity contribution is 7.91. The molecule has 0 unspecified atom stereocenters. The molecular formula is C17H25NO5S. The summed E-state index contributed by atoms with van der Waals surface area (Å²) in [5, 5.41) is 11.6. The van der Waals surface area contributed by atoms with Gasteiger partial charge in [-0.25, -0.2) is 13.2 Å². The van der Waals surface area contributed by atoms with Gasteiger partial charge in [0.15, 0.2) is 9.84 Å². The molecule has 0 spiro atoms. The Balaban J connectivity index is 2.56. The Hall–Kier alpha value is -1.89. The average molecular weight is 355 g/mol. The first kappa shape index (κ1) is 20.2. The lowest BCUT2D eigenvalue weighted by molar-refractivity contribution is -0.142. The van der Waals surface area contributed by atoms with Gasteiger partial charge >= 0.3 is 5.97 Å². The molecule has 1 aromatic rings. The second-order valence-corrected chi connectivity index (χ2v) is 7.93. The summed E-state index contributed by atoms with van der Waals surface area (Å²) >= 11 is 0. The van der Waals surface area contributed by atoms with Crippen LogP contribution in [-0.2, 0) is 25.8 Å². The number of aliphatic carboxylic acids is 1. The van der Waals surface area contributed by atoms with Crippen LogP contribution in [0.2, 0.25) is 0 Å². The summed E-state index contributed by atoms with van der Waals surface area (Å²) in [6, 6.07) is 5.58. The number of carbonyl (C=O) groups is 2. The van der Waals surface area contributed by atoms with Gasteiger partial charge in [-0.2, -0.15) is 0 Å². The molecule has 1 aromatic carbocycles. The molecule has 1 atom stereocenters. The number of unbranched alkanes of at least 4 members (excludes halogenated alkanes) is 1. The summed E-state index contributed by atoms with van der Waals surface area (Å²) in [6.07, 6.45) is 2.62. The van der Waals surface area contributed by atoms with Crippen molar-refractivity contribution in [3.8, 4) is 0 Å². The molecule has 6 nitrogen and oxygen atoms in total. The third-order valence-electron chi connectivity index (χ3n) is 3.78. The molecule has 1 rings (SSSR count). The van der Waals surface area contributed by atoms with Crippen LogP contribution in [0.1, 0.15) is 45.1 Å². The van der Waals surface area contributed by atoms with E-state index in [0.717, 1.165) is 18.4 Å². The summed E-state index contributed by atoms with van der Waals surface area (Å²) in [7, 11) is -3.23. The van der Waals surface area contributed by atoms with E-state index in [-0.39, 0.29) is 23.0 Å². The van der Waals surface area contributed by atoms with Crippen LogP contribution >= 0.6 is 0 Å². The van der Waals surface area contributed by atoms with Gasteiger partial charge in [-0.3, -0.25) is 4.79 Å². The Morgan fingerprint density at radius 3 is 2.29 bits per heavy atom. The number of amides is 1. The molecule has 2 N–H and O–H groups in total. The normalized spacial score (nSPS) is 12.6. The lowest BCUT2D eigenvalue weighted by Gasteiger charge is -2.14. The van der Waals surface area contributed by atoms with Gasteiger partial charge < -0.3 is 10.4 Å². The molecule has 0 saturated carbocycles. The van der Waals surface area contributed by atoms with E-state index in [0.29, 0.717) is 12.8 Å². The van der Waals surface area contributed by atoms with Crippen molar-refractivity contribution in [2.75, 3.05) is 5.75 Å². The molecule has 0 fully saturated rings. The van der Waals surface area contributed by atoms with Crippen LogP contribution in [0.4, 0.5) is 0 Å². The molecule has 0 radical (unpaired) electrons. The van der Waals surface area contributed by atoms with Gasteiger partial charge in [0.1, 0.15) is 6.04 Å². The first-order valence-electron chi connectivity index (χ1n) is 8.14. The summed E-state index contributed by atoms with van der Waals surface area (Å²) in [5.41, 5.74) is 0.834. The highest BCUT2D eigenvalue weighted by Crippen LogP contribution is 2.13. The average Bonchev–Trinajstić information content (AvgIpc) is 2.56. The van der Waals surface area contributed by atoms with Crippen molar-refractivity contribution in [2.24, 2.45) is 0 Å².